The van der Waals surface area contributed by atoms with E-state index in [-0.39, 0.29) is 17.0 Å². The lowest BCUT2D eigenvalue weighted by molar-refractivity contribution is -0.274. The SMILES string of the molecule is Cc1cnc2c(C(=O)N[C@@H](c3ccc(OC(F)(F)F)cc3)C(C)(C)O)c(N)nn2c1. The van der Waals surface area contributed by atoms with Gasteiger partial charge in [0, 0.05) is 12.4 Å². The maximum absolute atomic E-state index is 12.9. The van der Waals surface area contributed by atoms with Crippen molar-refractivity contribution >= 4 is 17.4 Å². The van der Waals surface area contributed by atoms with Crippen LogP contribution in [0.4, 0.5) is 19.0 Å². The Morgan fingerprint density at radius 2 is 1.90 bits per heavy atom. The van der Waals surface area contributed by atoms with Crippen LogP contribution in [0.1, 0.15) is 41.4 Å². The van der Waals surface area contributed by atoms with Crippen LogP contribution in [-0.4, -0.2) is 37.6 Å². The number of halogens is 3. The maximum atomic E-state index is 12.9. The Balaban J connectivity index is 1.91. The standard InChI is InChI=1S/C19H20F3N5O3/c1-10-8-24-16-13(15(23)26-27(16)9-10)17(28)25-14(18(2,3)29)11-4-6-12(7-5-11)30-19(20,21)22/h4-9,14,29H,1-3H3,(H2,23,26)(H,25,28)/t14-/m0/s1. The summed E-state index contributed by atoms with van der Waals surface area (Å²) in [6.45, 7) is 4.72. The average molecular weight is 423 g/mol. The van der Waals surface area contributed by atoms with Crippen LogP contribution in [0.25, 0.3) is 5.65 Å². The molecule has 0 fully saturated rings. The molecule has 0 saturated carbocycles. The highest BCUT2D eigenvalue weighted by Gasteiger charge is 2.33. The second kappa shape index (κ2) is 7.48. The summed E-state index contributed by atoms with van der Waals surface area (Å²) in [5.41, 5.74) is 5.88. The number of nitrogens with zero attached hydrogens (tertiary/aromatic N) is 3. The third-order valence-electron chi connectivity index (χ3n) is 4.28. The van der Waals surface area contributed by atoms with E-state index in [2.05, 4.69) is 20.1 Å². The highest BCUT2D eigenvalue weighted by atomic mass is 19.4. The van der Waals surface area contributed by atoms with Crippen LogP contribution in [0.5, 0.6) is 5.75 Å². The molecule has 2 aromatic heterocycles. The number of carbonyl (C=O) groups is 1. The number of hydrogen-bond acceptors (Lipinski definition) is 6. The number of nitrogens with one attached hydrogen (secondary N) is 1. The van der Waals surface area contributed by atoms with Gasteiger partial charge in [-0.1, -0.05) is 12.1 Å². The van der Waals surface area contributed by atoms with E-state index < -0.39 is 29.7 Å². The van der Waals surface area contributed by atoms with Gasteiger partial charge in [-0.05, 0) is 44.0 Å². The number of fused-ring (bicyclic) bond motifs is 1. The lowest BCUT2D eigenvalue weighted by atomic mass is 9.91. The molecule has 0 saturated heterocycles. The lowest BCUT2D eigenvalue weighted by Crippen LogP contribution is -2.42. The summed E-state index contributed by atoms with van der Waals surface area (Å²) in [7, 11) is 0. The lowest BCUT2D eigenvalue weighted by Gasteiger charge is -2.30. The molecule has 30 heavy (non-hydrogen) atoms. The monoisotopic (exact) mass is 423 g/mol. The van der Waals surface area contributed by atoms with E-state index in [4.69, 9.17) is 5.73 Å². The van der Waals surface area contributed by atoms with Crippen molar-refractivity contribution in [2.24, 2.45) is 0 Å². The highest BCUT2D eigenvalue weighted by Crippen LogP contribution is 2.30. The van der Waals surface area contributed by atoms with Crippen molar-refractivity contribution in [3.05, 3.63) is 53.3 Å². The van der Waals surface area contributed by atoms with Gasteiger partial charge in [0.05, 0.1) is 11.6 Å². The van der Waals surface area contributed by atoms with Gasteiger partial charge < -0.3 is 20.9 Å². The van der Waals surface area contributed by atoms with E-state index in [1.165, 1.54) is 30.5 Å². The van der Waals surface area contributed by atoms with E-state index in [0.29, 0.717) is 5.56 Å². The van der Waals surface area contributed by atoms with E-state index in [0.717, 1.165) is 17.7 Å². The molecule has 3 aromatic rings. The molecule has 11 heteroatoms. The third kappa shape index (κ3) is 4.62. The number of benzene rings is 1. The first-order valence-corrected chi connectivity index (χ1v) is 8.84. The number of nitrogen functional groups attached to an aromatic ring is 1. The van der Waals surface area contributed by atoms with Crippen molar-refractivity contribution in [2.75, 3.05) is 5.73 Å². The van der Waals surface area contributed by atoms with Crippen molar-refractivity contribution < 1.29 is 27.8 Å². The van der Waals surface area contributed by atoms with Gasteiger partial charge in [-0.3, -0.25) is 4.79 Å². The van der Waals surface area contributed by atoms with Crippen molar-refractivity contribution in [1.29, 1.82) is 0 Å². The van der Waals surface area contributed by atoms with Crippen LogP contribution in [0.2, 0.25) is 0 Å². The maximum Gasteiger partial charge on any atom is 0.573 e. The Hall–Kier alpha value is -3.34. The van der Waals surface area contributed by atoms with Gasteiger partial charge in [0.1, 0.15) is 11.3 Å². The largest absolute Gasteiger partial charge is 0.573 e. The van der Waals surface area contributed by atoms with Crippen molar-refractivity contribution in [3.63, 3.8) is 0 Å². The Morgan fingerprint density at radius 1 is 1.27 bits per heavy atom. The quantitative estimate of drug-likeness (QED) is 0.581. The summed E-state index contributed by atoms with van der Waals surface area (Å²) in [5, 5.41) is 17.3. The first-order valence-electron chi connectivity index (χ1n) is 8.84. The van der Waals surface area contributed by atoms with Gasteiger partial charge in [0.2, 0.25) is 0 Å². The molecule has 0 aliphatic carbocycles. The van der Waals surface area contributed by atoms with Crippen LogP contribution in [0.3, 0.4) is 0 Å². The molecular formula is C19H20F3N5O3. The summed E-state index contributed by atoms with van der Waals surface area (Å²) < 4.78 is 42.3. The van der Waals surface area contributed by atoms with E-state index in [9.17, 15) is 23.1 Å². The van der Waals surface area contributed by atoms with E-state index in [1.807, 2.05) is 0 Å². The number of carbonyl (C=O) groups excluding carboxylic acids is 1. The molecule has 1 atom stereocenters. The minimum Gasteiger partial charge on any atom is -0.406 e. The summed E-state index contributed by atoms with van der Waals surface area (Å²) in [6, 6.07) is 3.88. The highest BCUT2D eigenvalue weighted by molar-refractivity contribution is 6.04. The first kappa shape index (κ1) is 21.4. The number of nitrogens with two attached hydrogens (primary N) is 1. The molecule has 160 valence electrons. The number of alkyl halides is 3. The Labute approximate surface area is 169 Å². The van der Waals surface area contributed by atoms with Crippen LogP contribution in [0.15, 0.2) is 36.7 Å². The molecule has 1 amide bonds. The molecular weight excluding hydrogens is 403 g/mol. The molecule has 3 rings (SSSR count). The number of anilines is 1. The number of aliphatic hydroxyl groups is 1. The zero-order chi connectivity index (χ0) is 22.3. The first-order chi connectivity index (χ1) is 13.8. The topological polar surface area (TPSA) is 115 Å². The van der Waals surface area contributed by atoms with Gasteiger partial charge in [-0.25, -0.2) is 9.50 Å². The molecule has 0 spiro atoms. The number of aryl methyl sites for hydroxylation is 1. The molecule has 8 nitrogen and oxygen atoms in total. The zero-order valence-corrected chi connectivity index (χ0v) is 16.4. The van der Waals surface area contributed by atoms with Crippen LogP contribution >= 0.6 is 0 Å². The van der Waals surface area contributed by atoms with Crippen molar-refractivity contribution in [3.8, 4) is 5.75 Å². The molecule has 0 unspecified atom stereocenters. The molecule has 1 aromatic carbocycles. The van der Waals surface area contributed by atoms with Gasteiger partial charge >= 0.3 is 6.36 Å². The minimum atomic E-state index is -4.82. The van der Waals surface area contributed by atoms with Gasteiger partial charge in [0.25, 0.3) is 5.91 Å². The van der Waals surface area contributed by atoms with Crippen LogP contribution in [-0.2, 0) is 0 Å². The van der Waals surface area contributed by atoms with Gasteiger partial charge in [-0.2, -0.15) is 0 Å². The van der Waals surface area contributed by atoms with Gasteiger partial charge in [0.15, 0.2) is 11.5 Å². The molecule has 2 heterocycles. The Morgan fingerprint density at radius 3 is 2.47 bits per heavy atom. The molecule has 0 aliphatic rings. The average Bonchev–Trinajstić information content (AvgIpc) is 2.93. The smallest absolute Gasteiger partial charge is 0.406 e. The Bertz CT molecular complexity index is 1070. The normalized spacial score (nSPS) is 13.3. The minimum absolute atomic E-state index is 0.0290. The molecule has 0 aliphatic heterocycles. The number of amides is 1. The van der Waals surface area contributed by atoms with Crippen molar-refractivity contribution in [1.82, 2.24) is 19.9 Å². The summed E-state index contributed by atoms with van der Waals surface area (Å²) in [6.07, 6.45) is -1.61. The molecule has 4 N–H and O–H groups in total. The fourth-order valence-corrected chi connectivity index (χ4v) is 3.00. The van der Waals surface area contributed by atoms with Crippen molar-refractivity contribution in [2.45, 2.75) is 38.8 Å². The van der Waals surface area contributed by atoms with Crippen LogP contribution < -0.4 is 15.8 Å². The predicted octanol–water partition coefficient (Wildman–Crippen LogP) is 2.76. The summed E-state index contributed by atoms with van der Waals surface area (Å²) in [4.78, 5) is 17.1. The Kier molecular flexibility index (Phi) is 5.33. The molecule has 0 radical (unpaired) electrons. The summed E-state index contributed by atoms with van der Waals surface area (Å²) >= 11 is 0. The van der Waals surface area contributed by atoms with Crippen LogP contribution in [0, 0.1) is 6.92 Å². The second-order valence-electron chi connectivity index (χ2n) is 7.34. The van der Waals surface area contributed by atoms with Gasteiger partial charge in [-0.15, -0.1) is 18.3 Å². The summed E-state index contributed by atoms with van der Waals surface area (Å²) in [5.74, 6) is -1.10. The number of aromatic nitrogens is 3. The molecule has 0 bridgehead atoms. The fraction of sp³-hybridized carbons (Fsp3) is 0.316. The van der Waals surface area contributed by atoms with E-state index in [1.54, 1.807) is 19.3 Å². The number of hydrogen-bond donors (Lipinski definition) is 3. The second-order valence-corrected chi connectivity index (χ2v) is 7.34. The fourth-order valence-electron chi connectivity index (χ4n) is 3.00. The third-order valence-corrected chi connectivity index (χ3v) is 4.28. The van der Waals surface area contributed by atoms with E-state index >= 15 is 0 Å². The zero-order valence-electron chi connectivity index (χ0n) is 16.4. The predicted molar refractivity (Wildman–Crippen MR) is 102 cm³/mol. The number of rotatable bonds is 5. The number of ether oxygens (including phenoxy) is 1.